The Morgan fingerprint density at radius 2 is 1.75 bits per heavy atom. The van der Waals surface area contributed by atoms with Gasteiger partial charge in [-0.1, -0.05) is 60.1 Å². The van der Waals surface area contributed by atoms with Gasteiger partial charge in [-0.3, -0.25) is 9.35 Å². The summed E-state index contributed by atoms with van der Waals surface area (Å²) in [4.78, 5) is 12.8. The Bertz CT molecular complexity index is 1730. The summed E-state index contributed by atoms with van der Waals surface area (Å²) >= 11 is 12.5. The van der Waals surface area contributed by atoms with Gasteiger partial charge in [-0.15, -0.1) is 0 Å². The summed E-state index contributed by atoms with van der Waals surface area (Å²) in [7, 11) is -4.58. The average Bonchev–Trinajstić information content (AvgIpc) is 2.89. The van der Waals surface area contributed by atoms with Crippen molar-refractivity contribution in [2.75, 3.05) is 11.9 Å². The summed E-state index contributed by atoms with van der Waals surface area (Å²) in [6.07, 6.45) is 0.369. The fourth-order valence-corrected chi connectivity index (χ4v) is 5.02. The zero-order valence-electron chi connectivity index (χ0n) is 21.7. The molecule has 0 aromatic heterocycles. The number of nitrogens with one attached hydrogen (secondary N) is 1. The van der Waals surface area contributed by atoms with Gasteiger partial charge in [0.2, 0.25) is 0 Å². The van der Waals surface area contributed by atoms with Crippen molar-refractivity contribution >= 4 is 67.1 Å². The smallest absolute Gasteiger partial charge is 0.870 e. The standard InChI is InChI=1S/C27H23Cl2N3O6S.Na/c1-3-18-22(29)13-17(39(35,36)37)14-23(18)31-32-25-19-8-6-5-7-15(19)11-20(26(25)33)27(34)30-24-12-16(38-4-2)9-10-21(24)28;/h5-14,33H,3-4H2,1-2H3,(H,30,34)(H,35,36,37);/q;+1/p-1. The van der Waals surface area contributed by atoms with Crippen LogP contribution in [-0.4, -0.2) is 25.5 Å². The molecule has 202 valence electrons. The maximum Gasteiger partial charge on any atom is 1.00 e. The molecule has 1 amide bonds. The van der Waals surface area contributed by atoms with Gasteiger partial charge in [-0.25, -0.2) is 0 Å². The Hall–Kier alpha value is -2.70. The van der Waals surface area contributed by atoms with Gasteiger partial charge in [0.1, 0.15) is 5.75 Å². The van der Waals surface area contributed by atoms with Crippen LogP contribution in [0.5, 0.6) is 11.5 Å². The number of benzene rings is 4. The first kappa shape index (κ1) is 31.8. The number of hydrogen-bond acceptors (Lipinski definition) is 7. The monoisotopic (exact) mass is 609 g/mol. The first-order chi connectivity index (χ1) is 18.5. The zero-order valence-corrected chi connectivity index (χ0v) is 26.1. The number of amides is 1. The maximum atomic E-state index is 13.5. The fourth-order valence-electron chi connectivity index (χ4n) is 3.91. The number of rotatable bonds is 8. The molecule has 13 heteroatoms. The van der Waals surface area contributed by atoms with Crippen molar-refractivity contribution in [2.45, 2.75) is 25.2 Å². The Labute approximate surface area is 263 Å². The normalized spacial score (nSPS) is 11.4. The first-order valence-electron chi connectivity index (χ1n) is 11.7. The van der Waals surface area contributed by atoms with Crippen molar-refractivity contribution in [1.82, 2.24) is 0 Å². The van der Waals surface area contributed by atoms with Crippen LogP contribution in [0.3, 0.4) is 0 Å². The van der Waals surface area contributed by atoms with E-state index in [1.54, 1.807) is 49.4 Å². The number of carbonyl (C=O) groups is 1. The van der Waals surface area contributed by atoms with Crippen molar-refractivity contribution in [1.29, 1.82) is 0 Å². The number of ether oxygens (including phenoxy) is 1. The summed E-state index contributed by atoms with van der Waals surface area (Å²) in [5.74, 6) is -0.935. The molecule has 0 fully saturated rings. The van der Waals surface area contributed by atoms with Crippen LogP contribution in [0.1, 0.15) is 29.8 Å². The third-order valence-corrected chi connectivity index (χ3v) is 7.27. The molecular weight excluding hydrogens is 588 g/mol. The van der Waals surface area contributed by atoms with Crippen molar-refractivity contribution in [3.05, 3.63) is 81.8 Å². The molecule has 0 heterocycles. The van der Waals surface area contributed by atoms with Crippen LogP contribution < -0.4 is 44.7 Å². The third-order valence-electron chi connectivity index (χ3n) is 5.77. The van der Waals surface area contributed by atoms with Crippen LogP contribution in [0, 0.1) is 0 Å². The molecule has 40 heavy (non-hydrogen) atoms. The molecule has 0 saturated carbocycles. The minimum atomic E-state index is -4.58. The summed E-state index contributed by atoms with van der Waals surface area (Å²) in [6, 6.07) is 15.2. The zero-order chi connectivity index (χ0) is 28.3. The van der Waals surface area contributed by atoms with E-state index in [1.807, 2.05) is 6.92 Å². The molecule has 4 aromatic rings. The van der Waals surface area contributed by atoms with Gasteiger partial charge < -0.3 is 15.2 Å². The molecule has 0 aliphatic heterocycles. The Morgan fingerprint density at radius 3 is 2.42 bits per heavy atom. The van der Waals surface area contributed by atoms with Crippen molar-refractivity contribution in [3.8, 4) is 11.5 Å². The Morgan fingerprint density at radius 1 is 1.02 bits per heavy atom. The van der Waals surface area contributed by atoms with E-state index in [4.69, 9.17) is 27.9 Å². The molecule has 9 nitrogen and oxygen atoms in total. The van der Waals surface area contributed by atoms with Crippen LogP contribution in [0.15, 0.2) is 75.8 Å². The third kappa shape index (κ3) is 6.95. The molecule has 0 aliphatic carbocycles. The molecule has 0 aliphatic rings. The van der Waals surface area contributed by atoms with Crippen LogP contribution >= 0.6 is 23.2 Å². The van der Waals surface area contributed by atoms with Crippen LogP contribution in [0.4, 0.5) is 17.1 Å². The van der Waals surface area contributed by atoms with Gasteiger partial charge in [-0.2, -0.15) is 18.6 Å². The molecular formula is C27H22Cl2N3NaO6S. The molecule has 0 bridgehead atoms. The molecule has 0 radical (unpaired) electrons. The van der Waals surface area contributed by atoms with Crippen molar-refractivity contribution in [2.24, 2.45) is 10.2 Å². The number of carbonyl (C=O) groups excluding carboxylic acids is 1. The van der Waals surface area contributed by atoms with E-state index in [2.05, 4.69) is 15.5 Å². The summed E-state index contributed by atoms with van der Waals surface area (Å²) in [5, 5.41) is 25.7. The van der Waals surface area contributed by atoms with Crippen LogP contribution in [-0.2, 0) is 16.5 Å². The Balaban J connectivity index is 0.00000441. The molecule has 4 rings (SSSR count). The second-order valence-electron chi connectivity index (χ2n) is 8.28. The fraction of sp³-hybridized carbons (Fsp3) is 0.148. The molecule has 4 aromatic carbocycles. The Kier molecular flexibility index (Phi) is 10.6. The number of azo groups is 1. The van der Waals surface area contributed by atoms with Crippen molar-refractivity contribution < 1.29 is 57.2 Å². The van der Waals surface area contributed by atoms with Gasteiger partial charge in [0.05, 0.1) is 33.6 Å². The van der Waals surface area contributed by atoms with Gasteiger partial charge in [-0.05, 0) is 54.6 Å². The summed E-state index contributed by atoms with van der Waals surface area (Å²) in [5.41, 5.74) is 0.425. The number of nitrogens with zero attached hydrogens (tertiary/aromatic N) is 2. The molecule has 0 spiro atoms. The van der Waals surface area contributed by atoms with Gasteiger partial charge in [0.25, 0.3) is 16.0 Å². The van der Waals surface area contributed by atoms with Gasteiger partial charge in [0, 0.05) is 22.0 Å². The molecule has 0 saturated heterocycles. The minimum absolute atomic E-state index is 0. The van der Waals surface area contributed by atoms with E-state index in [0.29, 0.717) is 35.1 Å². The number of halogens is 2. The average molecular weight is 610 g/mol. The predicted molar refractivity (Wildman–Crippen MR) is 149 cm³/mol. The van der Waals surface area contributed by atoms with E-state index < -0.39 is 26.7 Å². The quantitative estimate of drug-likeness (QED) is 0.175. The predicted octanol–water partition coefficient (Wildman–Crippen LogP) is 4.10. The maximum absolute atomic E-state index is 13.5. The van der Waals surface area contributed by atoms with Crippen LogP contribution in [0.2, 0.25) is 10.0 Å². The van der Waals surface area contributed by atoms with Crippen molar-refractivity contribution in [3.63, 3.8) is 0 Å². The van der Waals surface area contributed by atoms with Gasteiger partial charge >= 0.3 is 29.6 Å². The topological polar surface area (TPSA) is 140 Å². The molecule has 0 unspecified atom stereocenters. The van der Waals surface area contributed by atoms with Gasteiger partial charge in [0.15, 0.2) is 0 Å². The largest absolute Gasteiger partial charge is 1.00 e. The van der Waals surface area contributed by atoms with E-state index in [9.17, 15) is 22.9 Å². The van der Waals surface area contributed by atoms with E-state index in [-0.39, 0.29) is 62.2 Å². The first-order valence-corrected chi connectivity index (χ1v) is 13.9. The number of hydrogen-bond donors (Lipinski definition) is 2. The minimum Gasteiger partial charge on any atom is -0.870 e. The number of anilines is 1. The number of fused-ring (bicyclic) bond motifs is 1. The second-order valence-corrected chi connectivity index (χ2v) is 10.5. The van der Waals surface area contributed by atoms with E-state index >= 15 is 0 Å². The second kappa shape index (κ2) is 13.3. The van der Waals surface area contributed by atoms with E-state index in [1.165, 1.54) is 6.07 Å². The molecule has 2 N–H and O–H groups in total. The molecule has 0 atom stereocenters. The summed E-state index contributed by atoms with van der Waals surface area (Å²) < 4.78 is 38.4. The van der Waals surface area contributed by atoms with Crippen LogP contribution in [0.25, 0.3) is 10.8 Å². The van der Waals surface area contributed by atoms with E-state index in [0.717, 1.165) is 12.1 Å². The summed E-state index contributed by atoms with van der Waals surface area (Å²) in [6.45, 7) is 4.01. The SMILES string of the molecule is CCOc1ccc(Cl)c(NC(=O)c2cc3ccccc3c(N=Nc3cc(S(=O)(=O)O)cc(Cl)c3CC)c2[O-])c1.[Na+].